The van der Waals surface area contributed by atoms with Gasteiger partial charge in [0.1, 0.15) is 11.5 Å². The first-order valence-corrected chi connectivity index (χ1v) is 8.04. The normalized spacial score (nSPS) is 23.4. The molecule has 1 aliphatic carbocycles. The number of rotatable bonds is 7. The minimum absolute atomic E-state index is 0.155. The van der Waals surface area contributed by atoms with E-state index in [9.17, 15) is 13.9 Å². The van der Waals surface area contributed by atoms with Crippen molar-refractivity contribution < 1.29 is 18.3 Å². The lowest BCUT2D eigenvalue weighted by Crippen LogP contribution is -2.28. The summed E-state index contributed by atoms with van der Waals surface area (Å²) in [7, 11) is 0. The first kappa shape index (κ1) is 15.8. The second-order valence-corrected chi connectivity index (χ2v) is 6.24. The van der Waals surface area contributed by atoms with Gasteiger partial charge in [-0.2, -0.15) is 8.78 Å². The molecule has 1 aliphatic rings. The van der Waals surface area contributed by atoms with Crippen molar-refractivity contribution in [1.29, 1.82) is 0 Å². The summed E-state index contributed by atoms with van der Waals surface area (Å²) in [5, 5.41) is 12.9. The SMILES string of the molecule is OC1CCCC(CNCc2ccc(CSC(F)F)o2)C1. The number of aliphatic hydroxyl groups excluding tert-OH is 1. The molecular weight excluding hydrogens is 284 g/mol. The average Bonchev–Trinajstić information content (AvgIpc) is 2.84. The highest BCUT2D eigenvalue weighted by atomic mass is 32.2. The molecule has 0 aromatic carbocycles. The van der Waals surface area contributed by atoms with Gasteiger partial charge in [0.05, 0.1) is 18.4 Å². The van der Waals surface area contributed by atoms with Crippen LogP contribution in [-0.2, 0) is 12.3 Å². The molecule has 0 aliphatic heterocycles. The molecule has 1 saturated carbocycles. The molecule has 1 aromatic heterocycles. The smallest absolute Gasteiger partial charge is 0.284 e. The summed E-state index contributed by atoms with van der Waals surface area (Å²) in [6.45, 7) is 1.46. The highest BCUT2D eigenvalue weighted by molar-refractivity contribution is 7.98. The lowest BCUT2D eigenvalue weighted by Gasteiger charge is -2.25. The fraction of sp³-hybridized carbons (Fsp3) is 0.714. The van der Waals surface area contributed by atoms with Gasteiger partial charge in [0, 0.05) is 0 Å². The van der Waals surface area contributed by atoms with Crippen LogP contribution in [-0.4, -0.2) is 23.5 Å². The Balaban J connectivity index is 1.66. The van der Waals surface area contributed by atoms with E-state index in [1.54, 1.807) is 6.07 Å². The predicted octanol–water partition coefficient (Wildman–Crippen LogP) is 3.38. The number of thioether (sulfide) groups is 1. The fourth-order valence-electron chi connectivity index (χ4n) is 2.59. The maximum Gasteiger partial charge on any atom is 0.284 e. The Labute approximate surface area is 122 Å². The third-order valence-corrected chi connectivity index (χ3v) is 4.26. The van der Waals surface area contributed by atoms with Gasteiger partial charge in [-0.1, -0.05) is 18.2 Å². The lowest BCUT2D eigenvalue weighted by molar-refractivity contribution is 0.100. The maximum absolute atomic E-state index is 12.1. The van der Waals surface area contributed by atoms with E-state index in [1.165, 1.54) is 0 Å². The molecule has 1 heterocycles. The van der Waals surface area contributed by atoms with E-state index in [0.29, 0.717) is 30.0 Å². The zero-order valence-corrected chi connectivity index (χ0v) is 12.2. The number of furan rings is 1. The summed E-state index contributed by atoms with van der Waals surface area (Å²) in [6, 6.07) is 3.57. The second kappa shape index (κ2) is 8.00. The van der Waals surface area contributed by atoms with Gasteiger partial charge in [0.15, 0.2) is 0 Å². The predicted molar refractivity (Wildman–Crippen MR) is 75.7 cm³/mol. The molecule has 114 valence electrons. The van der Waals surface area contributed by atoms with Crippen LogP contribution in [0.2, 0.25) is 0 Å². The zero-order chi connectivity index (χ0) is 14.4. The summed E-state index contributed by atoms with van der Waals surface area (Å²) >= 11 is 0.569. The van der Waals surface area contributed by atoms with Crippen LogP contribution in [0.25, 0.3) is 0 Å². The van der Waals surface area contributed by atoms with Crippen LogP contribution in [0, 0.1) is 5.92 Å². The molecule has 0 saturated heterocycles. The largest absolute Gasteiger partial charge is 0.464 e. The molecule has 0 radical (unpaired) electrons. The highest BCUT2D eigenvalue weighted by Gasteiger charge is 2.19. The van der Waals surface area contributed by atoms with Gasteiger partial charge >= 0.3 is 0 Å². The van der Waals surface area contributed by atoms with Crippen molar-refractivity contribution in [2.24, 2.45) is 5.92 Å². The fourth-order valence-corrected chi connectivity index (χ4v) is 3.03. The number of aliphatic hydroxyl groups is 1. The Morgan fingerprint density at radius 2 is 2.15 bits per heavy atom. The summed E-state index contributed by atoms with van der Waals surface area (Å²) in [5.41, 5.74) is 0. The van der Waals surface area contributed by atoms with Gasteiger partial charge in [0.2, 0.25) is 0 Å². The molecule has 2 N–H and O–H groups in total. The third-order valence-electron chi connectivity index (χ3n) is 3.56. The Morgan fingerprint density at radius 3 is 2.90 bits per heavy atom. The van der Waals surface area contributed by atoms with Gasteiger partial charge in [-0.05, 0) is 43.9 Å². The number of halogens is 2. The van der Waals surface area contributed by atoms with E-state index in [0.717, 1.165) is 38.0 Å². The van der Waals surface area contributed by atoms with Crippen molar-refractivity contribution in [3.05, 3.63) is 23.7 Å². The first-order chi connectivity index (χ1) is 9.63. The molecule has 2 rings (SSSR count). The second-order valence-electron chi connectivity index (χ2n) is 5.26. The van der Waals surface area contributed by atoms with E-state index < -0.39 is 5.76 Å². The number of hydrogen-bond acceptors (Lipinski definition) is 4. The standard InChI is InChI=1S/C14H21F2NO2S/c15-14(16)20-9-13-5-4-12(19-13)8-17-7-10-2-1-3-11(18)6-10/h4-5,10-11,14,17-18H,1-3,6-9H2. The van der Waals surface area contributed by atoms with Crippen LogP contribution < -0.4 is 5.32 Å². The van der Waals surface area contributed by atoms with Crippen LogP contribution in [0.4, 0.5) is 8.78 Å². The van der Waals surface area contributed by atoms with Crippen LogP contribution >= 0.6 is 11.8 Å². The van der Waals surface area contributed by atoms with E-state index in [4.69, 9.17) is 4.42 Å². The van der Waals surface area contributed by atoms with E-state index in [1.807, 2.05) is 6.07 Å². The van der Waals surface area contributed by atoms with Crippen LogP contribution in [0.1, 0.15) is 37.2 Å². The molecule has 3 nitrogen and oxygen atoms in total. The molecular formula is C14H21F2NO2S. The molecule has 2 atom stereocenters. The number of nitrogens with one attached hydrogen (secondary N) is 1. The molecule has 1 aromatic rings. The van der Waals surface area contributed by atoms with Gasteiger partial charge in [-0.25, -0.2) is 0 Å². The first-order valence-electron chi connectivity index (χ1n) is 6.99. The topological polar surface area (TPSA) is 45.4 Å². The molecule has 1 fully saturated rings. The molecule has 0 spiro atoms. The van der Waals surface area contributed by atoms with Crippen molar-refractivity contribution in [3.8, 4) is 0 Å². The van der Waals surface area contributed by atoms with Crippen LogP contribution in [0.3, 0.4) is 0 Å². The summed E-state index contributed by atoms with van der Waals surface area (Å²) in [4.78, 5) is 0. The molecule has 2 unspecified atom stereocenters. The van der Waals surface area contributed by atoms with E-state index in [-0.39, 0.29) is 11.9 Å². The summed E-state index contributed by atoms with van der Waals surface area (Å²) < 4.78 is 29.6. The Hall–Kier alpha value is -0.590. The van der Waals surface area contributed by atoms with Gasteiger partial charge in [-0.15, -0.1) is 0 Å². The Kier molecular flexibility index (Phi) is 6.32. The van der Waals surface area contributed by atoms with Crippen molar-refractivity contribution in [2.45, 2.75) is 49.8 Å². The van der Waals surface area contributed by atoms with Crippen molar-refractivity contribution in [1.82, 2.24) is 5.32 Å². The Bertz CT molecular complexity index is 400. The number of hydrogen-bond donors (Lipinski definition) is 2. The van der Waals surface area contributed by atoms with Crippen molar-refractivity contribution >= 4 is 11.8 Å². The molecule has 20 heavy (non-hydrogen) atoms. The highest BCUT2D eigenvalue weighted by Crippen LogP contribution is 2.24. The minimum atomic E-state index is -2.36. The maximum atomic E-state index is 12.1. The minimum Gasteiger partial charge on any atom is -0.464 e. The van der Waals surface area contributed by atoms with Crippen LogP contribution in [0.15, 0.2) is 16.5 Å². The molecule has 0 amide bonds. The van der Waals surface area contributed by atoms with Gasteiger partial charge < -0.3 is 14.8 Å². The number of alkyl halides is 2. The average molecular weight is 305 g/mol. The van der Waals surface area contributed by atoms with Crippen molar-refractivity contribution in [3.63, 3.8) is 0 Å². The molecule has 0 bridgehead atoms. The van der Waals surface area contributed by atoms with Gasteiger partial charge in [-0.3, -0.25) is 0 Å². The Morgan fingerprint density at radius 1 is 1.35 bits per heavy atom. The van der Waals surface area contributed by atoms with E-state index >= 15 is 0 Å². The lowest BCUT2D eigenvalue weighted by atomic mass is 9.87. The summed E-state index contributed by atoms with van der Waals surface area (Å²) in [6.07, 6.45) is 3.86. The summed E-state index contributed by atoms with van der Waals surface area (Å²) in [5.74, 6) is -0.291. The van der Waals surface area contributed by atoms with Gasteiger partial charge in [0.25, 0.3) is 5.76 Å². The van der Waals surface area contributed by atoms with Crippen LogP contribution in [0.5, 0.6) is 0 Å². The zero-order valence-electron chi connectivity index (χ0n) is 11.4. The van der Waals surface area contributed by atoms with Crippen molar-refractivity contribution in [2.75, 3.05) is 6.54 Å². The third kappa shape index (κ3) is 5.42. The monoisotopic (exact) mass is 305 g/mol. The van der Waals surface area contributed by atoms with E-state index in [2.05, 4.69) is 5.32 Å². The quantitative estimate of drug-likeness (QED) is 0.810. The molecule has 6 heteroatoms.